The summed E-state index contributed by atoms with van der Waals surface area (Å²) in [6, 6.07) is -0.0351. The highest BCUT2D eigenvalue weighted by Gasteiger charge is 2.26. The monoisotopic (exact) mass is 240 g/mol. The molecule has 1 saturated carbocycles. The second-order valence-electron chi connectivity index (χ2n) is 5.42. The molecule has 1 saturated heterocycles. The summed E-state index contributed by atoms with van der Waals surface area (Å²) in [6.45, 7) is 4.72. The Morgan fingerprint density at radius 1 is 1.29 bits per heavy atom. The van der Waals surface area contributed by atoms with Crippen LogP contribution in [0.3, 0.4) is 0 Å². The Morgan fingerprint density at radius 2 is 2.06 bits per heavy atom. The van der Waals surface area contributed by atoms with Crippen LogP contribution in [0.4, 0.5) is 4.79 Å². The maximum Gasteiger partial charge on any atom is 0.321 e. The van der Waals surface area contributed by atoms with Crippen LogP contribution in [0.15, 0.2) is 0 Å². The van der Waals surface area contributed by atoms with Gasteiger partial charge in [0, 0.05) is 12.0 Å². The molecule has 1 aliphatic carbocycles. The minimum atomic E-state index is -0.332. The van der Waals surface area contributed by atoms with Crippen LogP contribution in [-0.4, -0.2) is 37.6 Å². The molecule has 0 aromatic carbocycles. The Balaban J connectivity index is 1.66. The van der Waals surface area contributed by atoms with Crippen molar-refractivity contribution in [2.45, 2.75) is 38.6 Å². The van der Waals surface area contributed by atoms with Crippen LogP contribution < -0.4 is 15.5 Å². The largest absolute Gasteiger partial charge is 0.335 e. The van der Waals surface area contributed by atoms with Gasteiger partial charge in [-0.2, -0.15) is 0 Å². The second-order valence-corrected chi connectivity index (χ2v) is 5.42. The van der Waals surface area contributed by atoms with E-state index in [-0.39, 0.29) is 11.9 Å². The Morgan fingerprint density at radius 3 is 2.71 bits per heavy atom. The van der Waals surface area contributed by atoms with Crippen molar-refractivity contribution < 1.29 is 14.5 Å². The van der Waals surface area contributed by atoms with Crippen LogP contribution in [-0.2, 0) is 4.79 Å². The lowest BCUT2D eigenvalue weighted by molar-refractivity contribution is -0.900. The predicted molar refractivity (Wildman–Crippen MR) is 63.7 cm³/mol. The summed E-state index contributed by atoms with van der Waals surface area (Å²) < 4.78 is 0. The third kappa shape index (κ3) is 4.34. The first-order valence-corrected chi connectivity index (χ1v) is 6.57. The van der Waals surface area contributed by atoms with E-state index in [4.69, 9.17) is 0 Å². The van der Waals surface area contributed by atoms with Crippen molar-refractivity contribution in [3.05, 3.63) is 0 Å². The predicted octanol–water partition coefficient (Wildman–Crippen LogP) is -0.711. The maximum atomic E-state index is 11.6. The van der Waals surface area contributed by atoms with Gasteiger partial charge in [-0.1, -0.05) is 6.92 Å². The average molecular weight is 240 g/mol. The molecule has 2 rings (SSSR count). The minimum absolute atomic E-state index is 0.160. The van der Waals surface area contributed by atoms with E-state index in [9.17, 15) is 9.59 Å². The van der Waals surface area contributed by atoms with E-state index >= 15 is 0 Å². The van der Waals surface area contributed by atoms with E-state index in [1.54, 1.807) is 0 Å². The van der Waals surface area contributed by atoms with Crippen molar-refractivity contribution in [2.24, 2.45) is 5.92 Å². The number of nitrogens with one attached hydrogen (secondary N) is 3. The van der Waals surface area contributed by atoms with Crippen LogP contribution in [0, 0.1) is 5.92 Å². The van der Waals surface area contributed by atoms with Crippen molar-refractivity contribution in [1.29, 1.82) is 0 Å². The minimum Gasteiger partial charge on any atom is -0.335 e. The molecular weight excluding hydrogens is 218 g/mol. The number of carbonyl (C=O) groups excluding carboxylic acids is 2. The quantitative estimate of drug-likeness (QED) is 0.610. The highest BCUT2D eigenvalue weighted by atomic mass is 16.2. The van der Waals surface area contributed by atoms with E-state index in [2.05, 4.69) is 17.6 Å². The summed E-state index contributed by atoms with van der Waals surface area (Å²) in [7, 11) is 0. The molecule has 1 aliphatic heterocycles. The van der Waals surface area contributed by atoms with Crippen LogP contribution in [0.1, 0.15) is 32.6 Å². The molecule has 0 radical (unpaired) electrons. The Kier molecular flexibility index (Phi) is 3.99. The first-order valence-electron chi connectivity index (χ1n) is 6.57. The fourth-order valence-electron chi connectivity index (χ4n) is 2.41. The standard InChI is InChI=1S/C12H21N3O2/c1-9-3-2-6-15(7-9)8-11(16)14-12(17)13-10-4-5-10/h9-10H,2-8H2,1H3,(H2,13,14,16,17)/p+1/t9-/m1/s1. The van der Waals surface area contributed by atoms with E-state index in [1.807, 2.05) is 0 Å². The highest BCUT2D eigenvalue weighted by Crippen LogP contribution is 2.18. The number of quaternary nitrogens is 1. The molecule has 0 spiro atoms. The molecule has 3 amide bonds. The van der Waals surface area contributed by atoms with E-state index < -0.39 is 0 Å². The number of carbonyl (C=O) groups is 2. The van der Waals surface area contributed by atoms with Gasteiger partial charge in [0.15, 0.2) is 6.54 Å². The zero-order valence-corrected chi connectivity index (χ0v) is 10.4. The molecule has 0 aromatic rings. The highest BCUT2D eigenvalue weighted by molar-refractivity contribution is 5.94. The topological polar surface area (TPSA) is 62.6 Å². The lowest BCUT2D eigenvalue weighted by atomic mass is 10.0. The zero-order chi connectivity index (χ0) is 12.3. The Bertz CT molecular complexity index is 302. The van der Waals surface area contributed by atoms with Gasteiger partial charge in [0.05, 0.1) is 13.1 Å². The van der Waals surface area contributed by atoms with Gasteiger partial charge in [0.25, 0.3) is 5.91 Å². The van der Waals surface area contributed by atoms with Gasteiger partial charge in [0.2, 0.25) is 0 Å². The molecule has 17 heavy (non-hydrogen) atoms. The smallest absolute Gasteiger partial charge is 0.321 e. The molecule has 0 aromatic heterocycles. The van der Waals surface area contributed by atoms with Gasteiger partial charge in [-0.15, -0.1) is 0 Å². The van der Waals surface area contributed by atoms with E-state index in [1.165, 1.54) is 17.7 Å². The number of hydrogen-bond donors (Lipinski definition) is 3. The van der Waals surface area contributed by atoms with Crippen molar-refractivity contribution in [2.75, 3.05) is 19.6 Å². The van der Waals surface area contributed by atoms with Crippen LogP contribution in [0.2, 0.25) is 0 Å². The van der Waals surface area contributed by atoms with Gasteiger partial charge in [-0.05, 0) is 25.7 Å². The van der Waals surface area contributed by atoms with E-state index in [0.717, 1.165) is 25.9 Å². The molecule has 0 bridgehead atoms. The average Bonchev–Trinajstić information content (AvgIpc) is 3.00. The van der Waals surface area contributed by atoms with Crippen LogP contribution >= 0.6 is 0 Å². The van der Waals surface area contributed by atoms with Gasteiger partial charge >= 0.3 is 6.03 Å². The summed E-state index contributed by atoms with van der Waals surface area (Å²) in [5.74, 6) is 0.527. The fraction of sp³-hybridized carbons (Fsp3) is 0.833. The lowest BCUT2D eigenvalue weighted by Crippen LogP contribution is -3.14. The first-order chi connectivity index (χ1) is 8.13. The number of imide groups is 1. The molecule has 1 unspecified atom stereocenters. The maximum absolute atomic E-state index is 11.6. The molecule has 96 valence electrons. The lowest BCUT2D eigenvalue weighted by Gasteiger charge is -2.27. The number of urea groups is 1. The van der Waals surface area contributed by atoms with Gasteiger partial charge in [0.1, 0.15) is 0 Å². The number of likely N-dealkylation sites (tertiary alicyclic amines) is 1. The third-order valence-corrected chi connectivity index (χ3v) is 3.44. The summed E-state index contributed by atoms with van der Waals surface area (Å²) in [5, 5.41) is 5.15. The van der Waals surface area contributed by atoms with Crippen molar-refractivity contribution in [3.8, 4) is 0 Å². The Labute approximate surface area is 102 Å². The summed E-state index contributed by atoms with van der Waals surface area (Å²) in [5.41, 5.74) is 0. The van der Waals surface area contributed by atoms with Gasteiger partial charge in [-0.25, -0.2) is 4.79 Å². The fourth-order valence-corrected chi connectivity index (χ4v) is 2.41. The van der Waals surface area contributed by atoms with Gasteiger partial charge in [-0.3, -0.25) is 10.1 Å². The van der Waals surface area contributed by atoms with Gasteiger partial charge < -0.3 is 10.2 Å². The van der Waals surface area contributed by atoms with Crippen molar-refractivity contribution in [3.63, 3.8) is 0 Å². The SMILES string of the molecule is C[C@@H]1CCC[NH+](CC(=O)NC(=O)NC2CC2)C1. The molecule has 2 atom stereocenters. The molecule has 2 fully saturated rings. The molecule has 2 aliphatic rings. The van der Waals surface area contributed by atoms with Crippen molar-refractivity contribution >= 4 is 11.9 Å². The van der Waals surface area contributed by atoms with Crippen LogP contribution in [0.25, 0.3) is 0 Å². The number of amides is 3. The number of hydrogen-bond acceptors (Lipinski definition) is 2. The first kappa shape index (κ1) is 12.4. The van der Waals surface area contributed by atoms with E-state index in [0.29, 0.717) is 18.5 Å². The Hall–Kier alpha value is -1.10. The van der Waals surface area contributed by atoms with Crippen molar-refractivity contribution in [1.82, 2.24) is 10.6 Å². The number of rotatable bonds is 3. The molecule has 3 N–H and O–H groups in total. The molecule has 5 nitrogen and oxygen atoms in total. The summed E-state index contributed by atoms with van der Waals surface area (Å²) in [4.78, 5) is 24.3. The summed E-state index contributed by atoms with van der Waals surface area (Å²) >= 11 is 0. The molecule has 5 heteroatoms. The number of piperidine rings is 1. The zero-order valence-electron chi connectivity index (χ0n) is 10.4. The second kappa shape index (κ2) is 5.49. The molecule has 1 heterocycles. The molecular formula is C12H22N3O2+. The normalized spacial score (nSPS) is 28.5. The summed E-state index contributed by atoms with van der Waals surface area (Å²) in [6.07, 6.45) is 4.51. The van der Waals surface area contributed by atoms with Crippen LogP contribution in [0.5, 0.6) is 0 Å². The third-order valence-electron chi connectivity index (χ3n) is 3.44.